The predicted molar refractivity (Wildman–Crippen MR) is 66.9 cm³/mol. The topological polar surface area (TPSA) is 64.6 Å². The Balaban J connectivity index is 2.38. The summed E-state index contributed by atoms with van der Waals surface area (Å²) in [7, 11) is 0. The van der Waals surface area contributed by atoms with Crippen LogP contribution in [0.2, 0.25) is 0 Å². The third-order valence-electron chi connectivity index (χ3n) is 2.05. The van der Waals surface area contributed by atoms with Crippen molar-refractivity contribution in [1.29, 1.82) is 0 Å². The van der Waals surface area contributed by atoms with Crippen LogP contribution < -0.4 is 5.32 Å². The summed E-state index contributed by atoms with van der Waals surface area (Å²) in [6.07, 6.45) is -1.58. The third kappa shape index (κ3) is 4.86. The van der Waals surface area contributed by atoms with E-state index in [0.717, 1.165) is 0 Å². The molecule has 18 heavy (non-hydrogen) atoms. The summed E-state index contributed by atoms with van der Waals surface area (Å²) in [4.78, 5) is 22.7. The van der Waals surface area contributed by atoms with Crippen molar-refractivity contribution >= 4 is 17.7 Å². The van der Waals surface area contributed by atoms with Gasteiger partial charge in [-0.2, -0.15) is 0 Å². The molecule has 0 aliphatic carbocycles. The van der Waals surface area contributed by atoms with Crippen LogP contribution in [-0.2, 0) is 14.3 Å². The van der Waals surface area contributed by atoms with Crippen molar-refractivity contribution in [3.63, 3.8) is 0 Å². The summed E-state index contributed by atoms with van der Waals surface area (Å²) in [5.74, 6) is -0.664. The number of para-hydroxylation sites is 1. The number of carbonyl (C=O) groups excluding carboxylic acids is 2. The average Bonchev–Trinajstić information content (AvgIpc) is 2.29. The van der Waals surface area contributed by atoms with Gasteiger partial charge < -0.3 is 9.47 Å². The molecule has 0 fully saturated rings. The molecule has 1 N–H and O–H groups in total. The molecule has 0 radical (unpaired) electrons. The highest BCUT2D eigenvalue weighted by Gasteiger charge is 2.16. The maximum Gasteiger partial charge on any atom is 0.414 e. The van der Waals surface area contributed by atoms with Crippen molar-refractivity contribution in [1.82, 2.24) is 0 Å². The molecule has 1 amide bonds. The van der Waals surface area contributed by atoms with Gasteiger partial charge in [0.15, 0.2) is 0 Å². The molecular weight excluding hydrogens is 234 g/mol. The SMILES string of the molecule is CC(C)C(=O)O[C@H](C)OC(=O)Nc1ccccc1. The minimum absolute atomic E-state index is 0.256. The molecule has 0 aliphatic rings. The summed E-state index contributed by atoms with van der Waals surface area (Å²) in [6.45, 7) is 4.91. The number of anilines is 1. The van der Waals surface area contributed by atoms with E-state index in [4.69, 9.17) is 9.47 Å². The molecule has 5 nitrogen and oxygen atoms in total. The zero-order valence-corrected chi connectivity index (χ0v) is 10.7. The Hall–Kier alpha value is -2.04. The Bertz CT molecular complexity index is 403. The van der Waals surface area contributed by atoms with Crippen LogP contribution in [0, 0.1) is 5.92 Å². The number of hydrogen-bond donors (Lipinski definition) is 1. The van der Waals surface area contributed by atoms with E-state index in [1.54, 1.807) is 38.1 Å². The lowest BCUT2D eigenvalue weighted by atomic mass is 10.2. The maximum absolute atomic E-state index is 11.4. The van der Waals surface area contributed by atoms with Gasteiger partial charge >= 0.3 is 12.1 Å². The fourth-order valence-corrected chi connectivity index (χ4v) is 1.14. The van der Waals surface area contributed by atoms with Gasteiger partial charge in [0.05, 0.1) is 5.92 Å². The number of rotatable bonds is 4. The van der Waals surface area contributed by atoms with Crippen molar-refractivity contribution in [3.8, 4) is 0 Å². The second-order valence-electron chi connectivity index (χ2n) is 4.06. The van der Waals surface area contributed by atoms with Crippen LogP contribution in [0.15, 0.2) is 30.3 Å². The summed E-state index contributed by atoms with van der Waals surface area (Å²) >= 11 is 0. The molecule has 0 bridgehead atoms. The molecule has 0 aromatic heterocycles. The molecule has 1 atom stereocenters. The van der Waals surface area contributed by atoms with Gasteiger partial charge in [0, 0.05) is 12.6 Å². The first-order chi connectivity index (χ1) is 8.49. The van der Waals surface area contributed by atoms with Gasteiger partial charge in [-0.3, -0.25) is 10.1 Å². The van der Waals surface area contributed by atoms with Gasteiger partial charge in [0.2, 0.25) is 6.29 Å². The minimum Gasteiger partial charge on any atom is -0.425 e. The summed E-state index contributed by atoms with van der Waals surface area (Å²) in [6, 6.07) is 8.87. The van der Waals surface area contributed by atoms with E-state index in [1.807, 2.05) is 6.07 Å². The lowest BCUT2D eigenvalue weighted by molar-refractivity contribution is -0.168. The Morgan fingerprint density at radius 3 is 2.22 bits per heavy atom. The van der Waals surface area contributed by atoms with Crippen molar-refractivity contribution < 1.29 is 19.1 Å². The molecule has 1 aromatic rings. The summed E-state index contributed by atoms with van der Waals surface area (Å²) < 4.78 is 9.78. The van der Waals surface area contributed by atoms with Crippen LogP contribution in [0.25, 0.3) is 0 Å². The van der Waals surface area contributed by atoms with Crippen molar-refractivity contribution in [3.05, 3.63) is 30.3 Å². The van der Waals surface area contributed by atoms with E-state index in [0.29, 0.717) is 5.69 Å². The zero-order valence-electron chi connectivity index (χ0n) is 10.7. The number of hydrogen-bond acceptors (Lipinski definition) is 4. The van der Waals surface area contributed by atoms with Crippen molar-refractivity contribution in [2.75, 3.05) is 5.32 Å². The summed E-state index contributed by atoms with van der Waals surface area (Å²) in [5, 5.41) is 2.52. The lowest BCUT2D eigenvalue weighted by Crippen LogP contribution is -2.26. The van der Waals surface area contributed by atoms with Gasteiger partial charge in [0.25, 0.3) is 0 Å². The second-order valence-corrected chi connectivity index (χ2v) is 4.06. The number of nitrogens with one attached hydrogen (secondary N) is 1. The highest BCUT2D eigenvalue weighted by Crippen LogP contribution is 2.07. The normalized spacial score (nSPS) is 11.8. The Labute approximate surface area is 106 Å². The highest BCUT2D eigenvalue weighted by atomic mass is 16.7. The Kier molecular flexibility index (Phi) is 5.17. The first-order valence-corrected chi connectivity index (χ1v) is 5.72. The van der Waals surface area contributed by atoms with Crippen LogP contribution in [0.5, 0.6) is 0 Å². The van der Waals surface area contributed by atoms with E-state index < -0.39 is 18.4 Å². The van der Waals surface area contributed by atoms with Gasteiger partial charge in [0.1, 0.15) is 0 Å². The average molecular weight is 251 g/mol. The van der Waals surface area contributed by atoms with Gasteiger partial charge in [-0.05, 0) is 12.1 Å². The monoisotopic (exact) mass is 251 g/mol. The number of benzene rings is 1. The van der Waals surface area contributed by atoms with Crippen LogP contribution >= 0.6 is 0 Å². The molecular formula is C13H17NO4. The van der Waals surface area contributed by atoms with E-state index in [1.165, 1.54) is 6.92 Å². The minimum atomic E-state index is -0.913. The second kappa shape index (κ2) is 6.64. The predicted octanol–water partition coefficient (Wildman–Crippen LogP) is 2.78. The molecule has 1 aromatic carbocycles. The van der Waals surface area contributed by atoms with Crippen molar-refractivity contribution in [2.24, 2.45) is 5.92 Å². The third-order valence-corrected chi connectivity index (χ3v) is 2.05. The van der Waals surface area contributed by atoms with E-state index in [-0.39, 0.29) is 5.92 Å². The molecule has 0 aliphatic heterocycles. The van der Waals surface area contributed by atoms with Crippen LogP contribution in [-0.4, -0.2) is 18.4 Å². The molecule has 1 rings (SSSR count). The largest absolute Gasteiger partial charge is 0.425 e. The molecule has 5 heteroatoms. The Morgan fingerprint density at radius 2 is 1.67 bits per heavy atom. The van der Waals surface area contributed by atoms with Crippen LogP contribution in [0.4, 0.5) is 10.5 Å². The molecule has 0 unspecified atom stereocenters. The van der Waals surface area contributed by atoms with E-state index in [2.05, 4.69) is 5.32 Å². The molecule has 0 heterocycles. The van der Waals surface area contributed by atoms with Gasteiger partial charge in [-0.25, -0.2) is 4.79 Å². The van der Waals surface area contributed by atoms with Crippen LogP contribution in [0.1, 0.15) is 20.8 Å². The van der Waals surface area contributed by atoms with Crippen LogP contribution in [0.3, 0.4) is 0 Å². The van der Waals surface area contributed by atoms with Crippen molar-refractivity contribution in [2.45, 2.75) is 27.1 Å². The molecule has 0 spiro atoms. The molecule has 0 saturated carbocycles. The van der Waals surface area contributed by atoms with E-state index >= 15 is 0 Å². The van der Waals surface area contributed by atoms with E-state index in [9.17, 15) is 9.59 Å². The number of amides is 1. The fraction of sp³-hybridized carbons (Fsp3) is 0.385. The number of carbonyl (C=O) groups is 2. The quantitative estimate of drug-likeness (QED) is 0.660. The summed E-state index contributed by atoms with van der Waals surface area (Å²) in [5.41, 5.74) is 0.616. The smallest absolute Gasteiger partial charge is 0.414 e. The zero-order chi connectivity index (χ0) is 13.5. The maximum atomic E-state index is 11.4. The molecule has 0 saturated heterocycles. The lowest BCUT2D eigenvalue weighted by Gasteiger charge is -2.15. The highest BCUT2D eigenvalue weighted by molar-refractivity contribution is 5.84. The number of ether oxygens (including phenoxy) is 2. The standard InChI is InChI=1S/C13H17NO4/c1-9(2)12(15)17-10(3)18-13(16)14-11-7-5-4-6-8-11/h4-10H,1-3H3,(H,14,16)/t10-/m0/s1. The first-order valence-electron chi connectivity index (χ1n) is 5.72. The Morgan fingerprint density at radius 1 is 1.06 bits per heavy atom. The van der Waals surface area contributed by atoms with Gasteiger partial charge in [-0.1, -0.05) is 32.0 Å². The first kappa shape index (κ1) is 14.0. The molecule has 98 valence electrons. The van der Waals surface area contributed by atoms with Gasteiger partial charge in [-0.15, -0.1) is 0 Å². The fourth-order valence-electron chi connectivity index (χ4n) is 1.14. The number of esters is 1.